The molecule has 0 bridgehead atoms. The van der Waals surface area contributed by atoms with Crippen LogP contribution >= 0.6 is 0 Å². The molecule has 0 heterocycles. The Bertz CT molecular complexity index is 391. The quantitative estimate of drug-likeness (QED) is 0.704. The van der Waals surface area contributed by atoms with E-state index in [-0.39, 0.29) is 11.7 Å². The number of hydrogen-bond acceptors (Lipinski definition) is 3. The Morgan fingerprint density at radius 2 is 1.85 bits per heavy atom. The first-order valence-corrected chi connectivity index (χ1v) is 7.01. The average molecular weight is 282 g/mol. The Morgan fingerprint density at radius 1 is 1.20 bits per heavy atom. The monoisotopic (exact) mass is 282 g/mol. The highest BCUT2D eigenvalue weighted by atomic mass is 19.1. The van der Waals surface area contributed by atoms with Crippen LogP contribution in [0.25, 0.3) is 0 Å². The van der Waals surface area contributed by atoms with Crippen molar-refractivity contribution in [2.24, 2.45) is 0 Å². The van der Waals surface area contributed by atoms with Crippen molar-refractivity contribution in [3.05, 3.63) is 35.6 Å². The molecule has 1 aromatic rings. The lowest BCUT2D eigenvalue weighted by Gasteiger charge is -2.17. The summed E-state index contributed by atoms with van der Waals surface area (Å²) in [6, 6.07) is 5.47. The van der Waals surface area contributed by atoms with Crippen molar-refractivity contribution in [1.82, 2.24) is 10.2 Å². The second-order valence-corrected chi connectivity index (χ2v) is 4.40. The van der Waals surface area contributed by atoms with Crippen molar-refractivity contribution in [3.63, 3.8) is 0 Å². The number of nitrogens with zero attached hydrogens (tertiary/aromatic N) is 1. The summed E-state index contributed by atoms with van der Waals surface area (Å²) in [5.74, 6) is -0.557. The Morgan fingerprint density at radius 3 is 2.45 bits per heavy atom. The van der Waals surface area contributed by atoms with Gasteiger partial charge < -0.3 is 15.0 Å². The number of amides is 1. The van der Waals surface area contributed by atoms with E-state index in [1.807, 2.05) is 0 Å². The van der Waals surface area contributed by atoms with Crippen LogP contribution in [0.5, 0.6) is 0 Å². The summed E-state index contributed by atoms with van der Waals surface area (Å²) in [7, 11) is 0. The fourth-order valence-electron chi connectivity index (χ4n) is 1.78. The number of ether oxygens (including phenoxy) is 1. The van der Waals surface area contributed by atoms with Crippen molar-refractivity contribution < 1.29 is 13.9 Å². The van der Waals surface area contributed by atoms with Gasteiger partial charge in [-0.1, -0.05) is 13.8 Å². The first-order valence-electron chi connectivity index (χ1n) is 7.01. The van der Waals surface area contributed by atoms with E-state index in [1.165, 1.54) is 24.3 Å². The smallest absolute Gasteiger partial charge is 0.251 e. The summed E-state index contributed by atoms with van der Waals surface area (Å²) >= 11 is 0. The Labute approximate surface area is 119 Å². The maximum atomic E-state index is 12.7. The molecule has 20 heavy (non-hydrogen) atoms. The summed E-state index contributed by atoms with van der Waals surface area (Å²) in [6.07, 6.45) is 0. The van der Waals surface area contributed by atoms with Gasteiger partial charge in [-0.15, -0.1) is 0 Å². The van der Waals surface area contributed by atoms with E-state index >= 15 is 0 Å². The van der Waals surface area contributed by atoms with Gasteiger partial charge in [0.25, 0.3) is 5.91 Å². The minimum absolute atomic E-state index is 0.211. The highest BCUT2D eigenvalue weighted by Crippen LogP contribution is 2.02. The van der Waals surface area contributed by atoms with Crippen molar-refractivity contribution in [2.75, 3.05) is 39.4 Å². The van der Waals surface area contributed by atoms with Gasteiger partial charge in [0.1, 0.15) is 5.82 Å². The average Bonchev–Trinajstić information content (AvgIpc) is 2.47. The van der Waals surface area contributed by atoms with E-state index < -0.39 is 0 Å². The van der Waals surface area contributed by atoms with E-state index in [4.69, 9.17) is 4.74 Å². The SMILES string of the molecule is CCN(CC)CCOCCNC(=O)c1ccc(F)cc1. The van der Waals surface area contributed by atoms with Crippen LogP contribution in [0.3, 0.4) is 0 Å². The third-order valence-electron chi connectivity index (χ3n) is 3.08. The van der Waals surface area contributed by atoms with Crippen molar-refractivity contribution in [1.29, 1.82) is 0 Å². The Balaban J connectivity index is 2.12. The van der Waals surface area contributed by atoms with Crippen LogP contribution in [0.4, 0.5) is 4.39 Å². The Kier molecular flexibility index (Phi) is 7.84. The lowest BCUT2D eigenvalue weighted by Crippen LogP contribution is -2.30. The lowest BCUT2D eigenvalue weighted by molar-refractivity contribution is 0.0884. The second-order valence-electron chi connectivity index (χ2n) is 4.40. The number of carbonyl (C=O) groups is 1. The van der Waals surface area contributed by atoms with Crippen molar-refractivity contribution in [2.45, 2.75) is 13.8 Å². The first-order chi connectivity index (χ1) is 9.67. The van der Waals surface area contributed by atoms with Gasteiger partial charge in [0, 0.05) is 18.7 Å². The number of benzene rings is 1. The molecule has 0 spiro atoms. The van der Waals surface area contributed by atoms with E-state index in [0.717, 1.165) is 19.6 Å². The molecule has 0 aliphatic carbocycles. The zero-order valence-corrected chi connectivity index (χ0v) is 12.2. The molecule has 1 amide bonds. The maximum absolute atomic E-state index is 12.7. The molecule has 1 rings (SSSR count). The van der Waals surface area contributed by atoms with Gasteiger partial charge in [-0.3, -0.25) is 4.79 Å². The number of hydrogen-bond donors (Lipinski definition) is 1. The van der Waals surface area contributed by atoms with Crippen LogP contribution in [0.2, 0.25) is 0 Å². The molecule has 0 unspecified atom stereocenters. The zero-order chi connectivity index (χ0) is 14.8. The minimum atomic E-state index is -0.346. The van der Waals surface area contributed by atoms with E-state index in [9.17, 15) is 9.18 Å². The van der Waals surface area contributed by atoms with Crippen LogP contribution < -0.4 is 5.32 Å². The maximum Gasteiger partial charge on any atom is 0.251 e. The molecule has 0 aromatic heterocycles. The number of rotatable bonds is 9. The molecule has 0 radical (unpaired) electrons. The normalized spacial score (nSPS) is 10.8. The van der Waals surface area contributed by atoms with Gasteiger partial charge in [-0.05, 0) is 37.4 Å². The second kappa shape index (κ2) is 9.44. The van der Waals surface area contributed by atoms with Crippen molar-refractivity contribution >= 4 is 5.91 Å². The van der Waals surface area contributed by atoms with E-state index in [0.29, 0.717) is 25.3 Å². The lowest BCUT2D eigenvalue weighted by atomic mass is 10.2. The molecular weight excluding hydrogens is 259 g/mol. The van der Waals surface area contributed by atoms with Gasteiger partial charge in [0.15, 0.2) is 0 Å². The molecule has 0 atom stereocenters. The van der Waals surface area contributed by atoms with Crippen LogP contribution in [-0.2, 0) is 4.74 Å². The minimum Gasteiger partial charge on any atom is -0.378 e. The number of carbonyl (C=O) groups excluding carboxylic acids is 1. The van der Waals surface area contributed by atoms with E-state index in [1.54, 1.807) is 0 Å². The predicted octanol–water partition coefficient (Wildman–Crippen LogP) is 1.91. The molecule has 5 heteroatoms. The van der Waals surface area contributed by atoms with Gasteiger partial charge >= 0.3 is 0 Å². The van der Waals surface area contributed by atoms with Gasteiger partial charge in [-0.25, -0.2) is 4.39 Å². The molecule has 1 N–H and O–H groups in total. The summed E-state index contributed by atoms with van der Waals surface area (Å²) < 4.78 is 18.2. The summed E-state index contributed by atoms with van der Waals surface area (Å²) in [6.45, 7) is 8.76. The van der Waals surface area contributed by atoms with E-state index in [2.05, 4.69) is 24.1 Å². The van der Waals surface area contributed by atoms with Gasteiger partial charge in [0.05, 0.1) is 13.2 Å². The van der Waals surface area contributed by atoms with Crippen LogP contribution in [0.15, 0.2) is 24.3 Å². The molecule has 0 aliphatic rings. The Hall–Kier alpha value is -1.46. The molecule has 0 aliphatic heterocycles. The third-order valence-corrected chi connectivity index (χ3v) is 3.08. The predicted molar refractivity (Wildman–Crippen MR) is 77.3 cm³/mol. The summed E-state index contributed by atoms with van der Waals surface area (Å²) in [5, 5.41) is 2.73. The topological polar surface area (TPSA) is 41.6 Å². The molecular formula is C15H23FN2O2. The fourth-order valence-corrected chi connectivity index (χ4v) is 1.78. The summed E-state index contributed by atoms with van der Waals surface area (Å²) in [4.78, 5) is 14.0. The summed E-state index contributed by atoms with van der Waals surface area (Å²) in [5.41, 5.74) is 0.453. The molecule has 1 aromatic carbocycles. The molecule has 112 valence electrons. The number of nitrogens with one attached hydrogen (secondary N) is 1. The van der Waals surface area contributed by atoms with Crippen LogP contribution in [0, 0.1) is 5.82 Å². The molecule has 0 saturated carbocycles. The largest absolute Gasteiger partial charge is 0.378 e. The number of likely N-dealkylation sites (N-methyl/N-ethyl adjacent to an activating group) is 1. The fraction of sp³-hybridized carbons (Fsp3) is 0.533. The highest BCUT2D eigenvalue weighted by Gasteiger charge is 2.04. The standard InChI is InChI=1S/C15H23FN2O2/c1-3-18(4-2)10-12-20-11-9-17-15(19)13-5-7-14(16)8-6-13/h5-8H,3-4,9-12H2,1-2H3,(H,17,19). The van der Waals surface area contributed by atoms with Crippen LogP contribution in [0.1, 0.15) is 24.2 Å². The molecule has 4 nitrogen and oxygen atoms in total. The van der Waals surface area contributed by atoms with Gasteiger partial charge in [-0.2, -0.15) is 0 Å². The number of halogens is 1. The molecule has 0 saturated heterocycles. The van der Waals surface area contributed by atoms with Gasteiger partial charge in [0.2, 0.25) is 0 Å². The zero-order valence-electron chi connectivity index (χ0n) is 12.2. The molecule has 0 fully saturated rings. The van der Waals surface area contributed by atoms with Crippen LogP contribution in [-0.4, -0.2) is 50.2 Å². The van der Waals surface area contributed by atoms with Crippen molar-refractivity contribution in [3.8, 4) is 0 Å². The first kappa shape index (κ1) is 16.6. The third kappa shape index (κ3) is 6.12. The highest BCUT2D eigenvalue weighted by molar-refractivity contribution is 5.94.